The van der Waals surface area contributed by atoms with Crippen LogP contribution in [-0.4, -0.2) is 30.1 Å². The molecule has 2 aromatic rings. The van der Waals surface area contributed by atoms with Gasteiger partial charge in [-0.25, -0.2) is 14.8 Å². The Morgan fingerprint density at radius 3 is 2.35 bits per heavy atom. The lowest BCUT2D eigenvalue weighted by Crippen LogP contribution is -2.13. The predicted molar refractivity (Wildman–Crippen MR) is 78.0 cm³/mol. The highest BCUT2D eigenvalue weighted by atomic mass is 16.5. The molecule has 0 amide bonds. The number of anilines is 2. The zero-order valence-corrected chi connectivity index (χ0v) is 11.4. The fourth-order valence-electron chi connectivity index (χ4n) is 1.66. The van der Waals surface area contributed by atoms with E-state index < -0.39 is 0 Å². The molecule has 0 N–H and O–H groups in total. The van der Waals surface area contributed by atoms with Gasteiger partial charge < -0.3 is 9.64 Å². The maximum absolute atomic E-state index is 11.4. The quantitative estimate of drug-likeness (QED) is 0.799. The van der Waals surface area contributed by atoms with Gasteiger partial charge in [0.05, 0.1) is 12.7 Å². The highest BCUT2D eigenvalue weighted by molar-refractivity contribution is 5.89. The van der Waals surface area contributed by atoms with E-state index in [9.17, 15) is 4.79 Å². The first kappa shape index (κ1) is 13.7. The smallest absolute Gasteiger partial charge is 0.337 e. The van der Waals surface area contributed by atoms with E-state index in [1.165, 1.54) is 7.11 Å². The number of benzene rings is 1. The van der Waals surface area contributed by atoms with Crippen LogP contribution in [0.3, 0.4) is 0 Å². The second-order valence-corrected chi connectivity index (χ2v) is 4.12. The molecule has 0 saturated heterocycles. The summed E-state index contributed by atoms with van der Waals surface area (Å²) in [5, 5.41) is 0. The van der Waals surface area contributed by atoms with Gasteiger partial charge >= 0.3 is 5.97 Å². The molecular weight excluding hydrogens is 254 g/mol. The Labute approximate surface area is 117 Å². The van der Waals surface area contributed by atoms with Crippen molar-refractivity contribution < 1.29 is 9.53 Å². The second-order valence-electron chi connectivity index (χ2n) is 4.12. The number of carbonyl (C=O) groups excluding carboxylic acids is 1. The molecule has 0 fully saturated rings. The number of aromatic nitrogens is 2. The lowest BCUT2D eigenvalue weighted by atomic mass is 10.2. The first-order valence-corrected chi connectivity index (χ1v) is 6.02. The summed E-state index contributed by atoms with van der Waals surface area (Å²) in [6.45, 7) is 3.66. The lowest BCUT2D eigenvalue weighted by Gasteiger charge is -2.17. The molecule has 102 valence electrons. The Morgan fingerprint density at radius 2 is 1.85 bits per heavy atom. The number of hydrogen-bond acceptors (Lipinski definition) is 5. The summed E-state index contributed by atoms with van der Waals surface area (Å²) in [4.78, 5) is 21.7. The standard InChI is InChI=1S/C15H15N3O2/c1-4-11-9-16-15(17-10-11)18(2)13-7-5-12(6-8-13)14(19)20-3/h4-10H,1H2,2-3H3. The van der Waals surface area contributed by atoms with Crippen LogP contribution in [0.15, 0.2) is 43.2 Å². The van der Waals surface area contributed by atoms with Gasteiger partial charge in [-0.1, -0.05) is 12.7 Å². The van der Waals surface area contributed by atoms with Crippen molar-refractivity contribution >= 4 is 23.7 Å². The largest absolute Gasteiger partial charge is 0.465 e. The summed E-state index contributed by atoms with van der Waals surface area (Å²) in [5.74, 6) is 0.215. The molecule has 0 spiro atoms. The molecule has 0 atom stereocenters. The first-order chi connectivity index (χ1) is 9.65. The Kier molecular flexibility index (Phi) is 4.10. The van der Waals surface area contributed by atoms with E-state index in [1.807, 2.05) is 24.1 Å². The Hall–Kier alpha value is -2.69. The normalized spacial score (nSPS) is 9.90. The van der Waals surface area contributed by atoms with Crippen LogP contribution in [0, 0.1) is 0 Å². The van der Waals surface area contributed by atoms with Gasteiger partial charge in [-0.05, 0) is 24.3 Å². The molecule has 0 aliphatic carbocycles. The van der Waals surface area contributed by atoms with Crippen molar-refractivity contribution in [1.29, 1.82) is 0 Å². The molecule has 0 bridgehead atoms. The van der Waals surface area contributed by atoms with Crippen LogP contribution < -0.4 is 4.90 Å². The Bertz CT molecular complexity index is 606. The zero-order valence-electron chi connectivity index (χ0n) is 11.4. The van der Waals surface area contributed by atoms with Gasteiger partial charge in [-0.3, -0.25) is 0 Å². The van der Waals surface area contributed by atoms with E-state index >= 15 is 0 Å². The molecule has 2 rings (SSSR count). The minimum absolute atomic E-state index is 0.356. The summed E-state index contributed by atoms with van der Waals surface area (Å²) < 4.78 is 4.66. The third kappa shape index (κ3) is 2.83. The van der Waals surface area contributed by atoms with Crippen LogP contribution in [0.25, 0.3) is 6.08 Å². The Balaban J connectivity index is 2.21. The van der Waals surface area contributed by atoms with Gasteiger partial charge in [-0.15, -0.1) is 0 Å². The van der Waals surface area contributed by atoms with Gasteiger partial charge in [0.2, 0.25) is 5.95 Å². The summed E-state index contributed by atoms with van der Waals surface area (Å²) in [6, 6.07) is 7.04. The van der Waals surface area contributed by atoms with Crippen LogP contribution in [-0.2, 0) is 4.74 Å². The topological polar surface area (TPSA) is 55.3 Å². The van der Waals surface area contributed by atoms with Gasteiger partial charge in [0.25, 0.3) is 0 Å². The van der Waals surface area contributed by atoms with E-state index in [0.29, 0.717) is 11.5 Å². The van der Waals surface area contributed by atoms with Crippen molar-refractivity contribution in [2.24, 2.45) is 0 Å². The number of methoxy groups -OCH3 is 1. The molecule has 20 heavy (non-hydrogen) atoms. The fourth-order valence-corrected chi connectivity index (χ4v) is 1.66. The first-order valence-electron chi connectivity index (χ1n) is 6.02. The molecular formula is C15H15N3O2. The number of esters is 1. The van der Waals surface area contributed by atoms with Crippen molar-refractivity contribution in [1.82, 2.24) is 9.97 Å². The lowest BCUT2D eigenvalue weighted by molar-refractivity contribution is 0.0601. The van der Waals surface area contributed by atoms with Crippen LogP contribution in [0.4, 0.5) is 11.6 Å². The molecule has 1 aromatic heterocycles. The summed E-state index contributed by atoms with van der Waals surface area (Å²) in [5.41, 5.74) is 2.25. The SMILES string of the molecule is C=Cc1cnc(N(C)c2ccc(C(=O)OC)cc2)nc1. The van der Waals surface area contributed by atoms with E-state index in [1.54, 1.807) is 30.6 Å². The number of rotatable bonds is 4. The number of nitrogens with zero attached hydrogens (tertiary/aromatic N) is 3. The van der Waals surface area contributed by atoms with Crippen LogP contribution in [0.1, 0.15) is 15.9 Å². The number of hydrogen-bond donors (Lipinski definition) is 0. The summed E-state index contributed by atoms with van der Waals surface area (Å²) >= 11 is 0. The fraction of sp³-hybridized carbons (Fsp3) is 0.133. The number of ether oxygens (including phenoxy) is 1. The molecule has 0 aliphatic heterocycles. The van der Waals surface area contributed by atoms with Crippen molar-refractivity contribution in [2.75, 3.05) is 19.1 Å². The highest BCUT2D eigenvalue weighted by Gasteiger charge is 2.09. The van der Waals surface area contributed by atoms with Crippen molar-refractivity contribution in [3.8, 4) is 0 Å². The molecule has 0 aliphatic rings. The van der Waals surface area contributed by atoms with Gasteiger partial charge in [-0.2, -0.15) is 0 Å². The van der Waals surface area contributed by atoms with E-state index in [2.05, 4.69) is 21.3 Å². The molecule has 1 heterocycles. The second kappa shape index (κ2) is 5.97. The van der Waals surface area contributed by atoms with Gasteiger partial charge in [0.1, 0.15) is 0 Å². The van der Waals surface area contributed by atoms with Crippen molar-refractivity contribution in [3.05, 3.63) is 54.4 Å². The third-order valence-electron chi connectivity index (χ3n) is 2.87. The monoisotopic (exact) mass is 269 g/mol. The number of carbonyl (C=O) groups is 1. The van der Waals surface area contributed by atoms with Crippen LogP contribution in [0.2, 0.25) is 0 Å². The molecule has 5 nitrogen and oxygen atoms in total. The van der Waals surface area contributed by atoms with Crippen molar-refractivity contribution in [3.63, 3.8) is 0 Å². The summed E-state index contributed by atoms with van der Waals surface area (Å²) in [6.07, 6.45) is 5.10. The molecule has 1 aromatic carbocycles. The maximum Gasteiger partial charge on any atom is 0.337 e. The zero-order chi connectivity index (χ0) is 14.5. The van der Waals surface area contributed by atoms with E-state index in [4.69, 9.17) is 0 Å². The Morgan fingerprint density at radius 1 is 1.25 bits per heavy atom. The molecule has 0 radical (unpaired) electrons. The molecule has 0 unspecified atom stereocenters. The maximum atomic E-state index is 11.4. The van der Waals surface area contributed by atoms with E-state index in [0.717, 1.165) is 11.3 Å². The van der Waals surface area contributed by atoms with Gasteiger partial charge in [0, 0.05) is 30.7 Å². The highest BCUT2D eigenvalue weighted by Crippen LogP contribution is 2.20. The van der Waals surface area contributed by atoms with E-state index in [-0.39, 0.29) is 5.97 Å². The molecule has 5 heteroatoms. The van der Waals surface area contributed by atoms with Crippen molar-refractivity contribution in [2.45, 2.75) is 0 Å². The summed E-state index contributed by atoms with van der Waals surface area (Å²) in [7, 11) is 3.22. The third-order valence-corrected chi connectivity index (χ3v) is 2.87. The average molecular weight is 269 g/mol. The molecule has 0 saturated carbocycles. The average Bonchev–Trinajstić information content (AvgIpc) is 2.53. The minimum atomic E-state index is -0.356. The van der Waals surface area contributed by atoms with Crippen LogP contribution >= 0.6 is 0 Å². The van der Waals surface area contributed by atoms with Crippen LogP contribution in [0.5, 0.6) is 0 Å². The van der Waals surface area contributed by atoms with Gasteiger partial charge in [0.15, 0.2) is 0 Å². The minimum Gasteiger partial charge on any atom is -0.465 e. The predicted octanol–water partition coefficient (Wildman–Crippen LogP) is 2.67.